The van der Waals surface area contributed by atoms with Gasteiger partial charge in [0.1, 0.15) is 5.92 Å². The summed E-state index contributed by atoms with van der Waals surface area (Å²) in [5, 5.41) is 3.08. The first kappa shape index (κ1) is 13.6. The normalized spacial score (nSPS) is 21.0. The van der Waals surface area contributed by atoms with Gasteiger partial charge in [0.2, 0.25) is 5.91 Å². The van der Waals surface area contributed by atoms with Gasteiger partial charge in [-0.3, -0.25) is 4.79 Å². The van der Waals surface area contributed by atoms with Crippen molar-refractivity contribution in [2.75, 3.05) is 6.54 Å². The van der Waals surface area contributed by atoms with Crippen LogP contribution in [0.15, 0.2) is 30.3 Å². The minimum atomic E-state index is -0.513. The third kappa shape index (κ3) is 2.70. The maximum absolute atomic E-state index is 12.4. The van der Waals surface area contributed by atoms with E-state index in [0.29, 0.717) is 5.41 Å². The molecule has 1 unspecified atom stereocenters. The highest BCUT2D eigenvalue weighted by molar-refractivity contribution is 7.80. The van der Waals surface area contributed by atoms with Crippen LogP contribution in [0.5, 0.6) is 0 Å². The lowest BCUT2D eigenvalue weighted by molar-refractivity contribution is -0.121. The molecule has 2 aliphatic rings. The van der Waals surface area contributed by atoms with E-state index in [0.717, 1.165) is 18.0 Å². The number of hydrogen-bond acceptors (Lipinski definition) is 2. The molecule has 0 radical (unpaired) electrons. The van der Waals surface area contributed by atoms with Gasteiger partial charge in [-0.2, -0.15) is 0 Å². The predicted octanol–water partition coefficient (Wildman–Crippen LogP) is 2.36. The van der Waals surface area contributed by atoms with E-state index >= 15 is 0 Å². The maximum atomic E-state index is 12.4. The highest BCUT2D eigenvalue weighted by Crippen LogP contribution is 2.60. The lowest BCUT2D eigenvalue weighted by Crippen LogP contribution is -2.39. The second kappa shape index (κ2) is 5.17. The Morgan fingerprint density at radius 3 is 2.50 bits per heavy atom. The topological polar surface area (TPSA) is 55.1 Å². The van der Waals surface area contributed by atoms with E-state index in [-0.39, 0.29) is 10.9 Å². The van der Waals surface area contributed by atoms with Gasteiger partial charge in [-0.05, 0) is 42.6 Å². The molecule has 2 saturated carbocycles. The van der Waals surface area contributed by atoms with Crippen LogP contribution in [0.4, 0.5) is 0 Å². The molecule has 3 nitrogen and oxygen atoms in total. The number of rotatable bonds is 6. The molecule has 0 aliphatic heterocycles. The van der Waals surface area contributed by atoms with Gasteiger partial charge < -0.3 is 11.1 Å². The predicted molar refractivity (Wildman–Crippen MR) is 83.4 cm³/mol. The van der Waals surface area contributed by atoms with Crippen LogP contribution in [0.2, 0.25) is 0 Å². The Morgan fingerprint density at radius 2 is 2.00 bits per heavy atom. The molecule has 0 bridgehead atoms. The van der Waals surface area contributed by atoms with E-state index < -0.39 is 5.92 Å². The smallest absolute Gasteiger partial charge is 0.234 e. The summed E-state index contributed by atoms with van der Waals surface area (Å²) in [6, 6.07) is 9.53. The van der Waals surface area contributed by atoms with Crippen LogP contribution in [0.1, 0.15) is 37.2 Å². The largest absolute Gasteiger partial charge is 0.392 e. The van der Waals surface area contributed by atoms with Crippen LogP contribution in [-0.4, -0.2) is 17.4 Å². The van der Waals surface area contributed by atoms with E-state index in [1.54, 1.807) is 0 Å². The van der Waals surface area contributed by atoms with Crippen LogP contribution in [0, 0.1) is 11.3 Å². The Morgan fingerprint density at radius 1 is 1.35 bits per heavy atom. The van der Waals surface area contributed by atoms with E-state index in [9.17, 15) is 4.79 Å². The molecule has 3 N–H and O–H groups in total. The fourth-order valence-corrected chi connectivity index (χ4v) is 3.28. The number of amides is 1. The van der Waals surface area contributed by atoms with Crippen LogP contribution in [0.25, 0.3) is 0 Å². The van der Waals surface area contributed by atoms with Gasteiger partial charge in [0, 0.05) is 6.54 Å². The van der Waals surface area contributed by atoms with E-state index in [1.165, 1.54) is 25.7 Å². The monoisotopic (exact) mass is 288 g/mol. The quantitative estimate of drug-likeness (QED) is 0.790. The molecule has 1 aromatic rings. The first-order valence-corrected chi connectivity index (χ1v) is 7.65. The van der Waals surface area contributed by atoms with Crippen molar-refractivity contribution < 1.29 is 4.79 Å². The third-order valence-electron chi connectivity index (χ3n) is 4.63. The second-order valence-corrected chi connectivity index (χ2v) is 6.57. The van der Waals surface area contributed by atoms with Gasteiger partial charge >= 0.3 is 0 Å². The van der Waals surface area contributed by atoms with Crippen molar-refractivity contribution >= 4 is 23.1 Å². The molecule has 1 atom stereocenters. The number of nitrogens with one attached hydrogen (secondary N) is 1. The van der Waals surface area contributed by atoms with Gasteiger partial charge in [0.05, 0.1) is 4.99 Å². The summed E-state index contributed by atoms with van der Waals surface area (Å²) >= 11 is 5.08. The van der Waals surface area contributed by atoms with Crippen LogP contribution in [-0.2, 0) is 4.79 Å². The van der Waals surface area contributed by atoms with Crippen molar-refractivity contribution in [3.63, 3.8) is 0 Å². The van der Waals surface area contributed by atoms with Gasteiger partial charge in [-0.25, -0.2) is 0 Å². The molecular weight excluding hydrogens is 268 g/mol. The summed E-state index contributed by atoms with van der Waals surface area (Å²) in [5.41, 5.74) is 7.03. The summed E-state index contributed by atoms with van der Waals surface area (Å²) in [5.74, 6) is 0.264. The second-order valence-electron chi connectivity index (χ2n) is 6.10. The molecular formula is C16H20N2OS. The maximum Gasteiger partial charge on any atom is 0.234 e. The SMILES string of the molecule is NC(=S)C(C(=O)NCC1(C2CC2)CC1)c1ccccc1. The Balaban J connectivity index is 1.65. The minimum absolute atomic E-state index is 0.0596. The molecule has 0 aromatic heterocycles. The molecule has 0 spiro atoms. The molecule has 106 valence electrons. The molecule has 2 fully saturated rings. The highest BCUT2D eigenvalue weighted by Gasteiger charge is 2.53. The van der Waals surface area contributed by atoms with Crippen molar-refractivity contribution in [2.24, 2.45) is 17.1 Å². The Kier molecular flexibility index (Phi) is 3.50. The average Bonchev–Trinajstić information content (AvgIpc) is 3.29. The summed E-state index contributed by atoms with van der Waals surface area (Å²) in [6.45, 7) is 0.780. The van der Waals surface area contributed by atoms with Gasteiger partial charge in [0.25, 0.3) is 0 Å². The van der Waals surface area contributed by atoms with Crippen LogP contribution in [0.3, 0.4) is 0 Å². The molecule has 1 amide bonds. The highest BCUT2D eigenvalue weighted by atomic mass is 32.1. The summed E-state index contributed by atoms with van der Waals surface area (Å²) in [6.07, 6.45) is 5.16. The summed E-state index contributed by atoms with van der Waals surface area (Å²) < 4.78 is 0. The fraction of sp³-hybridized carbons (Fsp3) is 0.500. The van der Waals surface area contributed by atoms with E-state index in [4.69, 9.17) is 18.0 Å². The van der Waals surface area contributed by atoms with E-state index in [1.807, 2.05) is 30.3 Å². The average molecular weight is 288 g/mol. The molecule has 4 heteroatoms. The zero-order valence-electron chi connectivity index (χ0n) is 11.5. The number of hydrogen-bond donors (Lipinski definition) is 2. The Labute approximate surface area is 124 Å². The van der Waals surface area contributed by atoms with Crippen molar-refractivity contribution in [2.45, 2.75) is 31.6 Å². The third-order valence-corrected chi connectivity index (χ3v) is 4.87. The van der Waals surface area contributed by atoms with Crippen molar-refractivity contribution in [1.82, 2.24) is 5.32 Å². The minimum Gasteiger partial charge on any atom is -0.392 e. The number of benzene rings is 1. The molecule has 3 rings (SSSR count). The zero-order chi connectivity index (χ0) is 14.2. The van der Waals surface area contributed by atoms with Crippen molar-refractivity contribution in [3.05, 3.63) is 35.9 Å². The lowest BCUT2D eigenvalue weighted by atomic mass is 9.96. The van der Waals surface area contributed by atoms with Gasteiger partial charge in [-0.1, -0.05) is 42.5 Å². The first-order valence-electron chi connectivity index (χ1n) is 7.24. The molecule has 0 saturated heterocycles. The standard InChI is InChI=1S/C16H20N2OS/c17-14(20)13(11-4-2-1-3-5-11)15(19)18-10-16(8-9-16)12-6-7-12/h1-5,12-13H,6-10H2,(H2,17,20)(H,18,19). The van der Waals surface area contributed by atoms with Crippen LogP contribution >= 0.6 is 12.2 Å². The van der Waals surface area contributed by atoms with Crippen LogP contribution < -0.4 is 11.1 Å². The number of carbonyl (C=O) groups is 1. The number of thiocarbonyl (C=S) groups is 1. The molecule has 1 aromatic carbocycles. The fourth-order valence-electron chi connectivity index (χ4n) is 3.04. The Bertz CT molecular complexity index is 521. The molecule has 20 heavy (non-hydrogen) atoms. The number of nitrogens with two attached hydrogens (primary N) is 1. The molecule has 0 heterocycles. The zero-order valence-corrected chi connectivity index (χ0v) is 12.3. The van der Waals surface area contributed by atoms with Crippen molar-refractivity contribution in [1.29, 1.82) is 0 Å². The van der Waals surface area contributed by atoms with Gasteiger partial charge in [-0.15, -0.1) is 0 Å². The van der Waals surface area contributed by atoms with Crippen molar-refractivity contribution in [3.8, 4) is 0 Å². The van der Waals surface area contributed by atoms with Gasteiger partial charge in [0.15, 0.2) is 0 Å². The Hall–Kier alpha value is -1.42. The first-order chi connectivity index (χ1) is 9.62. The summed E-state index contributed by atoms with van der Waals surface area (Å²) in [4.78, 5) is 12.7. The van der Waals surface area contributed by atoms with E-state index in [2.05, 4.69) is 5.32 Å². The molecule has 2 aliphatic carbocycles. The summed E-state index contributed by atoms with van der Waals surface area (Å²) in [7, 11) is 0. The number of carbonyl (C=O) groups excluding carboxylic acids is 1. The lowest BCUT2D eigenvalue weighted by Gasteiger charge is -2.19.